The molecule has 0 aliphatic heterocycles. The second kappa shape index (κ2) is 7.62. The molecule has 0 amide bonds. The number of hydrogen-bond acceptors (Lipinski definition) is 4. The monoisotopic (exact) mass is 335 g/mol. The van der Waals surface area contributed by atoms with Gasteiger partial charge in [-0.15, -0.1) is 0 Å². The summed E-state index contributed by atoms with van der Waals surface area (Å²) in [6, 6.07) is 11.6. The zero-order valence-electron chi connectivity index (χ0n) is 10.7. The quantitative estimate of drug-likeness (QED) is 0.483. The summed E-state index contributed by atoms with van der Waals surface area (Å²) in [6.45, 7) is 0.560. The van der Waals surface area contributed by atoms with Crippen LogP contribution in [0, 0.1) is 0 Å². The van der Waals surface area contributed by atoms with Gasteiger partial charge < -0.3 is 4.74 Å². The SMILES string of the molecule is ONC=Nc1ccc(OCCc2cccc(Br)c2)nc1. The van der Waals surface area contributed by atoms with Crippen molar-refractivity contribution in [3.8, 4) is 5.88 Å². The van der Waals surface area contributed by atoms with Crippen molar-refractivity contribution in [2.75, 3.05) is 6.61 Å². The van der Waals surface area contributed by atoms with Crippen LogP contribution in [-0.4, -0.2) is 23.1 Å². The summed E-state index contributed by atoms with van der Waals surface area (Å²) in [5.41, 5.74) is 3.67. The third-order valence-electron chi connectivity index (χ3n) is 2.52. The zero-order chi connectivity index (χ0) is 14.2. The van der Waals surface area contributed by atoms with Crippen LogP contribution >= 0.6 is 15.9 Å². The lowest BCUT2D eigenvalue weighted by Gasteiger charge is -2.05. The second-order valence-corrected chi connectivity index (χ2v) is 4.89. The lowest BCUT2D eigenvalue weighted by Crippen LogP contribution is -2.02. The fourth-order valence-electron chi connectivity index (χ4n) is 1.60. The van der Waals surface area contributed by atoms with E-state index < -0.39 is 0 Å². The number of benzene rings is 1. The number of ether oxygens (including phenoxy) is 1. The largest absolute Gasteiger partial charge is 0.477 e. The number of aromatic nitrogens is 1. The van der Waals surface area contributed by atoms with Crippen molar-refractivity contribution in [2.24, 2.45) is 4.99 Å². The lowest BCUT2D eigenvalue weighted by atomic mass is 10.2. The van der Waals surface area contributed by atoms with Gasteiger partial charge >= 0.3 is 0 Å². The van der Waals surface area contributed by atoms with Gasteiger partial charge in [0.1, 0.15) is 6.34 Å². The van der Waals surface area contributed by atoms with Crippen LogP contribution in [0.15, 0.2) is 52.1 Å². The van der Waals surface area contributed by atoms with Gasteiger partial charge in [-0.1, -0.05) is 28.1 Å². The molecular formula is C14H14BrN3O2. The van der Waals surface area contributed by atoms with Gasteiger partial charge in [-0.25, -0.2) is 9.98 Å². The molecule has 1 heterocycles. The molecule has 2 rings (SSSR count). The van der Waals surface area contributed by atoms with Crippen molar-refractivity contribution in [2.45, 2.75) is 6.42 Å². The molecule has 0 radical (unpaired) electrons. The van der Waals surface area contributed by atoms with Crippen LogP contribution in [0.2, 0.25) is 0 Å². The predicted octanol–water partition coefficient (Wildman–Crippen LogP) is 3.10. The van der Waals surface area contributed by atoms with Crippen LogP contribution in [0.25, 0.3) is 0 Å². The van der Waals surface area contributed by atoms with Crippen molar-refractivity contribution in [3.05, 3.63) is 52.6 Å². The number of aliphatic imine (C=N–C) groups is 1. The minimum absolute atomic E-state index is 0.552. The van der Waals surface area contributed by atoms with Gasteiger partial charge in [0, 0.05) is 17.0 Å². The van der Waals surface area contributed by atoms with Crippen molar-refractivity contribution in [1.29, 1.82) is 0 Å². The van der Waals surface area contributed by atoms with Crippen LogP contribution in [0.4, 0.5) is 5.69 Å². The Hall–Kier alpha value is -1.92. The summed E-state index contributed by atoms with van der Waals surface area (Å²) in [5.74, 6) is 0.552. The molecule has 0 saturated carbocycles. The second-order valence-electron chi connectivity index (χ2n) is 3.97. The molecule has 0 aliphatic carbocycles. The number of hydrogen-bond donors (Lipinski definition) is 2. The Morgan fingerprint density at radius 1 is 1.35 bits per heavy atom. The van der Waals surface area contributed by atoms with E-state index in [0.29, 0.717) is 18.2 Å². The van der Waals surface area contributed by atoms with E-state index in [9.17, 15) is 0 Å². The van der Waals surface area contributed by atoms with E-state index in [2.05, 4.69) is 38.0 Å². The van der Waals surface area contributed by atoms with Gasteiger partial charge in [-0.05, 0) is 23.8 Å². The van der Waals surface area contributed by atoms with Crippen LogP contribution in [0.5, 0.6) is 5.88 Å². The first kappa shape index (κ1) is 14.5. The molecule has 0 atom stereocenters. The molecule has 1 aromatic carbocycles. The van der Waals surface area contributed by atoms with Gasteiger partial charge in [0.25, 0.3) is 0 Å². The molecule has 20 heavy (non-hydrogen) atoms. The molecule has 0 saturated heterocycles. The molecule has 2 aromatic rings. The highest BCUT2D eigenvalue weighted by atomic mass is 79.9. The molecular weight excluding hydrogens is 322 g/mol. The Labute approximate surface area is 125 Å². The molecule has 0 unspecified atom stereocenters. The Morgan fingerprint density at radius 2 is 2.25 bits per heavy atom. The Bertz CT molecular complexity index is 573. The minimum atomic E-state index is 0.552. The topological polar surface area (TPSA) is 66.7 Å². The van der Waals surface area contributed by atoms with Crippen LogP contribution < -0.4 is 10.2 Å². The van der Waals surface area contributed by atoms with E-state index >= 15 is 0 Å². The van der Waals surface area contributed by atoms with E-state index in [1.54, 1.807) is 18.3 Å². The third kappa shape index (κ3) is 4.64. The average molecular weight is 336 g/mol. The standard InChI is InChI=1S/C14H14BrN3O2/c15-12-3-1-2-11(8-12)6-7-20-14-5-4-13(9-16-14)17-10-18-19/h1-5,8-10,19H,6-7H2,(H,17,18). The van der Waals surface area contributed by atoms with Gasteiger partial charge in [-0.3, -0.25) is 10.7 Å². The Kier molecular flexibility index (Phi) is 5.52. The molecule has 1 aromatic heterocycles. The predicted molar refractivity (Wildman–Crippen MR) is 80.7 cm³/mol. The van der Waals surface area contributed by atoms with Crippen molar-refractivity contribution >= 4 is 28.0 Å². The fourth-order valence-corrected chi connectivity index (χ4v) is 2.05. The Morgan fingerprint density at radius 3 is 2.95 bits per heavy atom. The van der Waals surface area contributed by atoms with Gasteiger partial charge in [0.2, 0.25) is 5.88 Å². The van der Waals surface area contributed by atoms with Crippen molar-refractivity contribution in [3.63, 3.8) is 0 Å². The molecule has 5 nitrogen and oxygen atoms in total. The number of halogens is 1. The summed E-state index contributed by atoms with van der Waals surface area (Å²) < 4.78 is 6.63. The van der Waals surface area contributed by atoms with Crippen molar-refractivity contribution in [1.82, 2.24) is 10.5 Å². The highest BCUT2D eigenvalue weighted by Crippen LogP contribution is 2.15. The smallest absolute Gasteiger partial charge is 0.213 e. The van der Waals surface area contributed by atoms with Gasteiger partial charge in [-0.2, -0.15) is 0 Å². The highest BCUT2D eigenvalue weighted by Gasteiger charge is 1.98. The van der Waals surface area contributed by atoms with Crippen molar-refractivity contribution < 1.29 is 9.94 Å². The molecule has 0 bridgehead atoms. The molecule has 2 N–H and O–H groups in total. The fraction of sp³-hybridized carbons (Fsp3) is 0.143. The molecule has 0 aliphatic rings. The van der Waals surface area contributed by atoms with E-state index in [1.807, 2.05) is 17.6 Å². The molecule has 0 spiro atoms. The van der Waals surface area contributed by atoms with E-state index in [0.717, 1.165) is 10.9 Å². The van der Waals surface area contributed by atoms with Crippen LogP contribution in [0.3, 0.4) is 0 Å². The molecule has 6 heteroatoms. The molecule has 0 fully saturated rings. The van der Waals surface area contributed by atoms with E-state index in [1.165, 1.54) is 11.9 Å². The van der Waals surface area contributed by atoms with Gasteiger partial charge in [0.05, 0.1) is 18.5 Å². The maximum atomic E-state index is 8.38. The van der Waals surface area contributed by atoms with Crippen LogP contribution in [0.1, 0.15) is 5.56 Å². The number of hydroxylamine groups is 1. The highest BCUT2D eigenvalue weighted by molar-refractivity contribution is 9.10. The first-order valence-electron chi connectivity index (χ1n) is 6.03. The minimum Gasteiger partial charge on any atom is -0.477 e. The number of nitrogens with zero attached hydrogens (tertiary/aromatic N) is 2. The number of rotatable bonds is 6. The van der Waals surface area contributed by atoms with E-state index in [4.69, 9.17) is 9.94 Å². The number of nitrogens with one attached hydrogen (secondary N) is 1. The Balaban J connectivity index is 1.83. The lowest BCUT2D eigenvalue weighted by molar-refractivity contribution is 0.240. The maximum Gasteiger partial charge on any atom is 0.213 e. The summed E-state index contributed by atoms with van der Waals surface area (Å²) in [5, 5.41) is 8.38. The summed E-state index contributed by atoms with van der Waals surface area (Å²) >= 11 is 3.44. The first-order valence-corrected chi connectivity index (χ1v) is 6.82. The van der Waals surface area contributed by atoms with Crippen LogP contribution in [-0.2, 0) is 6.42 Å². The van der Waals surface area contributed by atoms with Gasteiger partial charge in [0.15, 0.2) is 0 Å². The molecule has 104 valence electrons. The summed E-state index contributed by atoms with van der Waals surface area (Å²) in [4.78, 5) is 8.02. The third-order valence-corrected chi connectivity index (χ3v) is 3.02. The number of pyridine rings is 1. The zero-order valence-corrected chi connectivity index (χ0v) is 12.2. The summed E-state index contributed by atoms with van der Waals surface area (Å²) in [7, 11) is 0. The summed E-state index contributed by atoms with van der Waals surface area (Å²) in [6.07, 6.45) is 3.56. The normalized spacial score (nSPS) is 10.7. The maximum absolute atomic E-state index is 8.38. The average Bonchev–Trinajstić information content (AvgIpc) is 2.46. The first-order chi connectivity index (χ1) is 9.78. The van der Waals surface area contributed by atoms with E-state index in [-0.39, 0.29) is 0 Å².